The lowest BCUT2D eigenvalue weighted by atomic mass is 10.2. The fourth-order valence-electron chi connectivity index (χ4n) is 1.71. The van der Waals surface area contributed by atoms with Crippen molar-refractivity contribution in [1.82, 2.24) is 5.16 Å². The number of hydrogen-bond donors (Lipinski definition) is 0. The fraction of sp³-hybridized carbons (Fsp3) is 0.357. The Kier molecular flexibility index (Phi) is 4.40. The molecule has 1 aromatic heterocycles. The predicted molar refractivity (Wildman–Crippen MR) is 68.3 cm³/mol. The van der Waals surface area contributed by atoms with E-state index >= 15 is 0 Å². The van der Waals surface area contributed by atoms with E-state index in [0.717, 1.165) is 5.56 Å². The largest absolute Gasteiger partial charge is 0.485 e. The second-order valence-electron chi connectivity index (χ2n) is 4.44. The van der Waals surface area contributed by atoms with Crippen LogP contribution >= 0.6 is 0 Å². The lowest BCUT2D eigenvalue weighted by molar-refractivity contribution is -0.153. The van der Waals surface area contributed by atoms with Gasteiger partial charge in [0.15, 0.2) is 18.1 Å². The number of aryl methyl sites for hydroxylation is 2. The second kappa shape index (κ2) is 6.07. The summed E-state index contributed by atoms with van der Waals surface area (Å²) in [6.45, 7) is 2.29. The molecular formula is C14H14F3NO3. The van der Waals surface area contributed by atoms with Gasteiger partial charge in [0.2, 0.25) is 0 Å². The van der Waals surface area contributed by atoms with Crippen molar-refractivity contribution in [2.24, 2.45) is 0 Å². The summed E-state index contributed by atoms with van der Waals surface area (Å²) in [5.41, 5.74) is 1.45. The Morgan fingerprint density at radius 3 is 2.24 bits per heavy atom. The zero-order valence-corrected chi connectivity index (χ0v) is 11.5. The summed E-state index contributed by atoms with van der Waals surface area (Å²) in [6, 6.07) is 6.20. The molecule has 21 heavy (non-hydrogen) atoms. The van der Waals surface area contributed by atoms with E-state index in [2.05, 4.69) is 5.16 Å². The Morgan fingerprint density at radius 2 is 1.71 bits per heavy atom. The molecule has 2 rings (SSSR count). The van der Waals surface area contributed by atoms with Crippen LogP contribution in [0, 0.1) is 13.8 Å². The summed E-state index contributed by atoms with van der Waals surface area (Å²) in [7, 11) is 0. The summed E-state index contributed by atoms with van der Waals surface area (Å²) in [5, 5.41) is 3.78. The molecule has 0 fully saturated rings. The van der Waals surface area contributed by atoms with Gasteiger partial charge in [0.25, 0.3) is 0 Å². The number of para-hydroxylation sites is 2. The predicted octanol–water partition coefficient (Wildman–Crippen LogP) is 3.81. The van der Waals surface area contributed by atoms with Gasteiger partial charge in [-0.05, 0) is 26.0 Å². The number of aromatic nitrogens is 1. The third-order valence-corrected chi connectivity index (χ3v) is 2.79. The zero-order chi connectivity index (χ0) is 15.5. The fourth-order valence-corrected chi connectivity index (χ4v) is 1.71. The van der Waals surface area contributed by atoms with E-state index in [9.17, 15) is 13.2 Å². The van der Waals surface area contributed by atoms with Gasteiger partial charge >= 0.3 is 6.18 Å². The van der Waals surface area contributed by atoms with Crippen molar-refractivity contribution in [2.75, 3.05) is 6.61 Å². The first-order valence-corrected chi connectivity index (χ1v) is 6.20. The Morgan fingerprint density at radius 1 is 1.10 bits per heavy atom. The molecule has 0 N–H and O–H groups in total. The van der Waals surface area contributed by atoms with Crippen molar-refractivity contribution in [3.8, 4) is 11.5 Å². The molecule has 1 heterocycles. The van der Waals surface area contributed by atoms with Crippen LogP contribution < -0.4 is 9.47 Å². The highest BCUT2D eigenvalue weighted by Crippen LogP contribution is 2.29. The van der Waals surface area contributed by atoms with Gasteiger partial charge in [-0.1, -0.05) is 17.3 Å². The molecule has 0 aliphatic carbocycles. The maximum atomic E-state index is 12.2. The van der Waals surface area contributed by atoms with E-state index in [-0.39, 0.29) is 18.1 Å². The molecule has 7 heteroatoms. The summed E-state index contributed by atoms with van der Waals surface area (Å²) in [4.78, 5) is 0. The van der Waals surface area contributed by atoms with Crippen LogP contribution in [0.15, 0.2) is 28.8 Å². The highest BCUT2D eigenvalue weighted by atomic mass is 19.4. The molecule has 114 valence electrons. The van der Waals surface area contributed by atoms with Crippen LogP contribution in [0.25, 0.3) is 0 Å². The molecule has 0 saturated carbocycles. The first kappa shape index (κ1) is 15.2. The first-order valence-electron chi connectivity index (χ1n) is 6.20. The van der Waals surface area contributed by atoms with E-state index < -0.39 is 12.8 Å². The molecule has 2 aromatic rings. The quantitative estimate of drug-likeness (QED) is 0.842. The number of nitrogens with zero attached hydrogens (tertiary/aromatic N) is 1. The highest BCUT2D eigenvalue weighted by molar-refractivity contribution is 5.39. The van der Waals surface area contributed by atoms with Crippen LogP contribution in [0.4, 0.5) is 13.2 Å². The van der Waals surface area contributed by atoms with Crippen molar-refractivity contribution < 1.29 is 27.2 Å². The monoisotopic (exact) mass is 301 g/mol. The molecule has 1 aromatic carbocycles. The molecule has 0 aliphatic heterocycles. The van der Waals surface area contributed by atoms with E-state index in [4.69, 9.17) is 14.0 Å². The van der Waals surface area contributed by atoms with Gasteiger partial charge in [0.1, 0.15) is 12.4 Å². The van der Waals surface area contributed by atoms with Gasteiger partial charge in [-0.15, -0.1) is 0 Å². The standard InChI is InChI=1S/C14H14F3NO3/c1-9-11(10(2)21-18-9)7-19-12-5-3-4-6-13(12)20-8-14(15,16)17/h3-6H,7-8H2,1-2H3. The Hall–Kier alpha value is -2.18. The molecular weight excluding hydrogens is 287 g/mol. The van der Waals surface area contributed by atoms with Crippen LogP contribution in [0.3, 0.4) is 0 Å². The minimum atomic E-state index is -4.39. The van der Waals surface area contributed by atoms with Gasteiger partial charge in [-0.2, -0.15) is 13.2 Å². The molecule has 0 bridgehead atoms. The second-order valence-corrected chi connectivity index (χ2v) is 4.44. The number of rotatable bonds is 5. The lowest BCUT2D eigenvalue weighted by Crippen LogP contribution is -2.19. The van der Waals surface area contributed by atoms with Crippen LogP contribution in [0.5, 0.6) is 11.5 Å². The number of halogens is 3. The molecule has 4 nitrogen and oxygen atoms in total. The summed E-state index contributed by atoms with van der Waals surface area (Å²) in [6.07, 6.45) is -4.39. The van der Waals surface area contributed by atoms with E-state index in [1.807, 2.05) is 0 Å². The highest BCUT2D eigenvalue weighted by Gasteiger charge is 2.29. The van der Waals surface area contributed by atoms with Crippen molar-refractivity contribution >= 4 is 0 Å². The van der Waals surface area contributed by atoms with Crippen LogP contribution in [-0.2, 0) is 6.61 Å². The topological polar surface area (TPSA) is 44.5 Å². The Labute approximate surface area is 119 Å². The zero-order valence-electron chi connectivity index (χ0n) is 11.5. The van der Waals surface area contributed by atoms with Crippen LogP contribution in [0.1, 0.15) is 17.0 Å². The first-order chi connectivity index (χ1) is 9.87. The van der Waals surface area contributed by atoms with Gasteiger partial charge in [-0.25, -0.2) is 0 Å². The maximum Gasteiger partial charge on any atom is 0.422 e. The molecule has 0 aliphatic rings. The maximum absolute atomic E-state index is 12.2. The summed E-state index contributed by atoms with van der Waals surface area (Å²) >= 11 is 0. The Balaban J connectivity index is 2.06. The number of ether oxygens (including phenoxy) is 2. The van der Waals surface area contributed by atoms with E-state index in [1.54, 1.807) is 32.0 Å². The smallest absolute Gasteiger partial charge is 0.422 e. The van der Waals surface area contributed by atoms with Crippen molar-refractivity contribution in [1.29, 1.82) is 0 Å². The van der Waals surface area contributed by atoms with Crippen LogP contribution in [-0.4, -0.2) is 17.9 Å². The molecule has 0 saturated heterocycles. The van der Waals surface area contributed by atoms with Gasteiger partial charge in [0.05, 0.1) is 11.3 Å². The Bertz CT molecular complexity index is 588. The number of alkyl halides is 3. The number of hydrogen-bond acceptors (Lipinski definition) is 4. The average molecular weight is 301 g/mol. The molecule has 0 atom stereocenters. The molecule has 0 spiro atoms. The molecule has 0 unspecified atom stereocenters. The van der Waals surface area contributed by atoms with Crippen LogP contribution in [0.2, 0.25) is 0 Å². The average Bonchev–Trinajstić information content (AvgIpc) is 2.74. The van der Waals surface area contributed by atoms with Gasteiger partial charge in [0, 0.05) is 0 Å². The summed E-state index contributed by atoms with van der Waals surface area (Å²) in [5.74, 6) is 0.893. The van der Waals surface area contributed by atoms with Crippen molar-refractivity contribution in [3.63, 3.8) is 0 Å². The molecule has 0 amide bonds. The third-order valence-electron chi connectivity index (χ3n) is 2.79. The van der Waals surface area contributed by atoms with Crippen molar-refractivity contribution in [2.45, 2.75) is 26.6 Å². The minimum absolute atomic E-state index is 0.0431. The van der Waals surface area contributed by atoms with Gasteiger partial charge in [-0.3, -0.25) is 0 Å². The van der Waals surface area contributed by atoms with E-state index in [0.29, 0.717) is 11.5 Å². The number of benzene rings is 1. The summed E-state index contributed by atoms with van der Waals surface area (Å²) < 4.78 is 51.9. The minimum Gasteiger partial charge on any atom is -0.485 e. The molecule has 0 radical (unpaired) electrons. The van der Waals surface area contributed by atoms with Gasteiger partial charge < -0.3 is 14.0 Å². The third kappa shape index (κ3) is 4.14. The van der Waals surface area contributed by atoms with E-state index in [1.165, 1.54) is 6.07 Å². The normalized spacial score (nSPS) is 11.5. The van der Waals surface area contributed by atoms with Crippen molar-refractivity contribution in [3.05, 3.63) is 41.3 Å². The lowest BCUT2D eigenvalue weighted by Gasteiger charge is -2.13. The SMILES string of the molecule is Cc1noc(C)c1COc1ccccc1OCC(F)(F)F.